The van der Waals surface area contributed by atoms with Crippen molar-refractivity contribution in [2.45, 2.75) is 58.0 Å². The summed E-state index contributed by atoms with van der Waals surface area (Å²) in [5.41, 5.74) is 5.88. The molecule has 1 aliphatic carbocycles. The first-order chi connectivity index (χ1) is 8.56. The summed E-state index contributed by atoms with van der Waals surface area (Å²) in [6.07, 6.45) is 6.24. The summed E-state index contributed by atoms with van der Waals surface area (Å²) in [7, 11) is 2.15. The average molecular weight is 255 g/mol. The van der Waals surface area contributed by atoms with Crippen LogP contribution in [0.2, 0.25) is 0 Å². The summed E-state index contributed by atoms with van der Waals surface area (Å²) in [6, 6.07) is 0.344. The zero-order chi connectivity index (χ0) is 13.5. The van der Waals surface area contributed by atoms with Crippen LogP contribution < -0.4 is 11.1 Å². The molecule has 0 aromatic rings. The smallest absolute Gasteiger partial charge is 0.237 e. The van der Waals surface area contributed by atoms with Gasteiger partial charge in [0.25, 0.3) is 0 Å². The third kappa shape index (κ3) is 4.58. The topological polar surface area (TPSA) is 58.4 Å². The second-order valence-electron chi connectivity index (χ2n) is 5.62. The molecule has 1 aliphatic rings. The van der Waals surface area contributed by atoms with Crippen LogP contribution in [0.3, 0.4) is 0 Å². The number of nitrogens with zero attached hydrogens (tertiary/aromatic N) is 1. The van der Waals surface area contributed by atoms with Gasteiger partial charge in [-0.15, -0.1) is 0 Å². The summed E-state index contributed by atoms with van der Waals surface area (Å²) in [4.78, 5) is 14.2. The molecule has 0 radical (unpaired) electrons. The van der Waals surface area contributed by atoms with Crippen LogP contribution in [0.1, 0.15) is 46.0 Å². The second kappa shape index (κ2) is 7.74. The Morgan fingerprint density at radius 1 is 1.44 bits per heavy atom. The van der Waals surface area contributed by atoms with E-state index < -0.39 is 0 Å². The number of carbonyl (C=O) groups is 1. The first-order valence-electron chi connectivity index (χ1n) is 7.29. The van der Waals surface area contributed by atoms with Crippen LogP contribution in [0.15, 0.2) is 0 Å². The predicted molar refractivity (Wildman–Crippen MR) is 75.3 cm³/mol. The third-order valence-electron chi connectivity index (χ3n) is 4.27. The molecule has 0 saturated heterocycles. The molecule has 18 heavy (non-hydrogen) atoms. The molecule has 2 unspecified atom stereocenters. The van der Waals surface area contributed by atoms with Crippen molar-refractivity contribution in [1.29, 1.82) is 0 Å². The number of likely N-dealkylation sites (N-methyl/N-ethyl adjacent to an activating group) is 1. The highest BCUT2D eigenvalue weighted by atomic mass is 16.2. The molecule has 1 rings (SSSR count). The van der Waals surface area contributed by atoms with Crippen LogP contribution in [-0.2, 0) is 4.79 Å². The van der Waals surface area contributed by atoms with E-state index in [2.05, 4.69) is 24.2 Å². The van der Waals surface area contributed by atoms with Gasteiger partial charge < -0.3 is 16.0 Å². The molecule has 4 heteroatoms. The van der Waals surface area contributed by atoms with Crippen LogP contribution in [0.5, 0.6) is 0 Å². The van der Waals surface area contributed by atoms with Crippen molar-refractivity contribution in [1.82, 2.24) is 10.2 Å². The number of carbonyl (C=O) groups excluding carboxylic acids is 1. The van der Waals surface area contributed by atoms with Crippen LogP contribution in [0, 0.1) is 5.92 Å². The lowest BCUT2D eigenvalue weighted by atomic mass is 9.99. The van der Waals surface area contributed by atoms with Gasteiger partial charge in [0.05, 0.1) is 6.04 Å². The Kier molecular flexibility index (Phi) is 6.65. The molecule has 2 atom stereocenters. The molecular weight excluding hydrogens is 226 g/mol. The maximum Gasteiger partial charge on any atom is 0.237 e. The van der Waals surface area contributed by atoms with Crippen molar-refractivity contribution in [2.75, 3.05) is 20.1 Å². The Balaban J connectivity index is 2.18. The summed E-state index contributed by atoms with van der Waals surface area (Å²) in [5.74, 6) is 0.238. The molecule has 1 amide bonds. The van der Waals surface area contributed by atoms with Gasteiger partial charge in [-0.2, -0.15) is 0 Å². The summed E-state index contributed by atoms with van der Waals surface area (Å²) >= 11 is 0. The lowest BCUT2D eigenvalue weighted by Gasteiger charge is -2.24. The molecule has 0 aromatic carbocycles. The zero-order valence-electron chi connectivity index (χ0n) is 12.1. The Labute approximate surface area is 111 Å². The van der Waals surface area contributed by atoms with Gasteiger partial charge in [0, 0.05) is 19.1 Å². The molecule has 1 fully saturated rings. The van der Waals surface area contributed by atoms with E-state index in [9.17, 15) is 4.79 Å². The standard InChI is InChI=1S/C14H29N3O/c1-4-11(2)13(15)14(18)16-9-10-17(3)12-7-5-6-8-12/h11-13H,4-10,15H2,1-3H3,(H,16,18). The summed E-state index contributed by atoms with van der Waals surface area (Å²) < 4.78 is 0. The molecule has 3 N–H and O–H groups in total. The van der Waals surface area contributed by atoms with Gasteiger partial charge in [0.2, 0.25) is 5.91 Å². The van der Waals surface area contributed by atoms with E-state index in [-0.39, 0.29) is 17.9 Å². The van der Waals surface area contributed by atoms with Crippen LogP contribution in [-0.4, -0.2) is 43.0 Å². The van der Waals surface area contributed by atoms with Crippen molar-refractivity contribution in [3.63, 3.8) is 0 Å². The zero-order valence-corrected chi connectivity index (χ0v) is 12.1. The van der Waals surface area contributed by atoms with Crippen molar-refractivity contribution in [3.8, 4) is 0 Å². The number of rotatable bonds is 7. The van der Waals surface area contributed by atoms with Gasteiger partial charge in [0.1, 0.15) is 0 Å². The van der Waals surface area contributed by atoms with Crippen molar-refractivity contribution in [3.05, 3.63) is 0 Å². The largest absolute Gasteiger partial charge is 0.353 e. The first-order valence-corrected chi connectivity index (χ1v) is 7.29. The van der Waals surface area contributed by atoms with Gasteiger partial charge in [-0.25, -0.2) is 0 Å². The van der Waals surface area contributed by atoms with Gasteiger partial charge in [-0.05, 0) is 25.8 Å². The fraction of sp³-hybridized carbons (Fsp3) is 0.929. The van der Waals surface area contributed by atoms with Crippen LogP contribution in [0.25, 0.3) is 0 Å². The molecule has 4 nitrogen and oxygen atoms in total. The Morgan fingerprint density at radius 3 is 2.61 bits per heavy atom. The van der Waals surface area contributed by atoms with Crippen molar-refractivity contribution < 1.29 is 4.79 Å². The van der Waals surface area contributed by atoms with Gasteiger partial charge >= 0.3 is 0 Å². The molecule has 106 valence electrons. The lowest BCUT2D eigenvalue weighted by molar-refractivity contribution is -0.123. The number of hydrogen-bond acceptors (Lipinski definition) is 3. The second-order valence-corrected chi connectivity index (χ2v) is 5.62. The molecule has 0 aliphatic heterocycles. The van der Waals surface area contributed by atoms with E-state index >= 15 is 0 Å². The Morgan fingerprint density at radius 2 is 2.06 bits per heavy atom. The van der Waals surface area contributed by atoms with E-state index in [0.717, 1.165) is 13.0 Å². The van der Waals surface area contributed by atoms with Crippen molar-refractivity contribution in [2.24, 2.45) is 11.7 Å². The van der Waals surface area contributed by atoms with Crippen LogP contribution >= 0.6 is 0 Å². The van der Waals surface area contributed by atoms with Gasteiger partial charge in [-0.3, -0.25) is 4.79 Å². The van der Waals surface area contributed by atoms with Crippen LogP contribution in [0.4, 0.5) is 0 Å². The third-order valence-corrected chi connectivity index (χ3v) is 4.27. The molecular formula is C14H29N3O. The Bertz CT molecular complexity index is 251. The quantitative estimate of drug-likeness (QED) is 0.722. The Hall–Kier alpha value is -0.610. The fourth-order valence-electron chi connectivity index (χ4n) is 2.51. The van der Waals surface area contributed by atoms with Gasteiger partial charge in [-0.1, -0.05) is 33.1 Å². The normalized spacial score (nSPS) is 20.1. The van der Waals surface area contributed by atoms with E-state index in [4.69, 9.17) is 5.73 Å². The SMILES string of the molecule is CCC(C)C(N)C(=O)NCCN(C)C1CCCC1. The maximum atomic E-state index is 11.8. The van der Waals surface area contributed by atoms with E-state index in [1.165, 1.54) is 25.7 Å². The highest BCUT2D eigenvalue weighted by Gasteiger charge is 2.21. The molecule has 0 spiro atoms. The molecule has 1 saturated carbocycles. The number of nitrogens with one attached hydrogen (secondary N) is 1. The molecule has 0 aromatic heterocycles. The monoisotopic (exact) mass is 255 g/mol. The first kappa shape index (κ1) is 15.4. The number of amides is 1. The maximum absolute atomic E-state index is 11.8. The van der Waals surface area contributed by atoms with Gasteiger partial charge in [0.15, 0.2) is 0 Å². The predicted octanol–water partition coefficient (Wildman–Crippen LogP) is 1.35. The van der Waals surface area contributed by atoms with E-state index in [0.29, 0.717) is 12.6 Å². The highest BCUT2D eigenvalue weighted by Crippen LogP contribution is 2.21. The lowest BCUT2D eigenvalue weighted by Crippen LogP contribution is -2.47. The summed E-state index contributed by atoms with van der Waals surface area (Å²) in [5, 5.41) is 2.95. The average Bonchev–Trinajstić information content (AvgIpc) is 2.90. The number of hydrogen-bond donors (Lipinski definition) is 2. The number of nitrogens with two attached hydrogens (primary N) is 1. The van der Waals surface area contributed by atoms with Crippen molar-refractivity contribution >= 4 is 5.91 Å². The van der Waals surface area contributed by atoms with E-state index in [1.54, 1.807) is 0 Å². The minimum Gasteiger partial charge on any atom is -0.353 e. The minimum absolute atomic E-state index is 0.0100. The minimum atomic E-state index is -0.369. The molecule has 0 bridgehead atoms. The molecule has 0 heterocycles. The fourth-order valence-corrected chi connectivity index (χ4v) is 2.51. The van der Waals surface area contributed by atoms with E-state index in [1.807, 2.05) is 6.92 Å². The summed E-state index contributed by atoms with van der Waals surface area (Å²) in [6.45, 7) is 5.71. The highest BCUT2D eigenvalue weighted by molar-refractivity contribution is 5.81.